The Bertz CT molecular complexity index is 35.7. The molecule has 0 aliphatic rings. The van der Waals surface area contributed by atoms with Crippen molar-refractivity contribution in [2.45, 2.75) is 0 Å². The fraction of sp³-hybridized carbons (Fsp3) is 1.00. The van der Waals surface area contributed by atoms with E-state index in [9.17, 15) is 0 Å². The molecule has 0 fully saturated rings. The van der Waals surface area contributed by atoms with Crippen LogP contribution in [0.25, 0.3) is 0 Å². The summed E-state index contributed by atoms with van der Waals surface area (Å²) >= 11 is 7.00. The number of hydrogen-bond acceptors (Lipinski definition) is 2. The van der Waals surface area contributed by atoms with Gasteiger partial charge >= 0.3 is 39.6 Å². The molecule has 0 atom stereocenters. The van der Waals surface area contributed by atoms with Crippen LogP contribution < -0.4 is 0 Å². The minimum atomic E-state index is 0.691. The van der Waals surface area contributed by atoms with E-state index in [-0.39, 0.29) is 0 Å². The predicted octanol–water partition coefficient (Wildman–Crippen LogP) is 1.97. The average Bonchev–Trinajstić information content (AvgIpc) is 1.86. The van der Waals surface area contributed by atoms with Gasteiger partial charge in [-0.25, -0.2) is 0 Å². The summed E-state index contributed by atoms with van der Waals surface area (Å²) in [5.74, 6) is 0. The van der Waals surface area contributed by atoms with Crippen molar-refractivity contribution in [3.8, 4) is 0 Å². The van der Waals surface area contributed by atoms with Gasteiger partial charge in [-0.05, 0) is 0 Å². The number of rotatable bonds is 3. The van der Waals surface area contributed by atoms with E-state index < -0.39 is 0 Å². The van der Waals surface area contributed by atoms with Gasteiger partial charge in [0.1, 0.15) is 0 Å². The molecule has 9 heavy (non-hydrogen) atoms. The van der Waals surface area contributed by atoms with Crippen LogP contribution >= 0.6 is 28.2 Å². The predicted molar refractivity (Wildman–Crippen MR) is 41.6 cm³/mol. The molecular formula is C4H10Br2FeO2. The normalized spacial score (nSPS) is 8.44. The quantitative estimate of drug-likeness (QED) is 0.586. The maximum absolute atomic E-state index is 4.66. The Kier molecular flexibility index (Phi) is 23.4. The summed E-state index contributed by atoms with van der Waals surface area (Å²) in [6.45, 7) is 1.38. The molecule has 0 aromatic rings. The third-order valence-corrected chi connectivity index (χ3v) is 0.492. The first-order valence-corrected chi connectivity index (χ1v) is 7.62. The van der Waals surface area contributed by atoms with Crippen molar-refractivity contribution in [3.63, 3.8) is 0 Å². The Morgan fingerprint density at radius 1 is 1.11 bits per heavy atom. The molecule has 5 heteroatoms. The molecular weight excluding hydrogens is 296 g/mol. The molecule has 0 radical (unpaired) electrons. The van der Waals surface area contributed by atoms with Crippen LogP contribution in [0.2, 0.25) is 0 Å². The summed E-state index contributed by atoms with van der Waals surface area (Å²) in [6.07, 6.45) is 0. The van der Waals surface area contributed by atoms with Gasteiger partial charge in [0.2, 0.25) is 0 Å². The van der Waals surface area contributed by atoms with E-state index in [0.717, 1.165) is 11.3 Å². The monoisotopic (exact) mass is 304 g/mol. The van der Waals surface area contributed by atoms with Gasteiger partial charge in [-0.1, -0.05) is 0 Å². The molecule has 0 aliphatic heterocycles. The maximum atomic E-state index is 4.66. The zero-order valence-corrected chi connectivity index (χ0v) is 9.62. The van der Waals surface area contributed by atoms with Crippen LogP contribution in [0.4, 0.5) is 0 Å². The number of ether oxygens (including phenoxy) is 2. The number of halogens is 2. The van der Waals surface area contributed by atoms with Gasteiger partial charge in [0.05, 0.1) is 13.2 Å². The molecule has 0 rings (SSSR count). The zero-order valence-electron chi connectivity index (χ0n) is 5.34. The molecule has 0 aliphatic carbocycles. The van der Waals surface area contributed by atoms with Gasteiger partial charge in [0.15, 0.2) is 0 Å². The summed E-state index contributed by atoms with van der Waals surface area (Å²) in [7, 11) is 3.30. The fourth-order valence-corrected chi connectivity index (χ4v) is 0.167. The molecule has 0 spiro atoms. The Balaban J connectivity index is 0. The van der Waals surface area contributed by atoms with E-state index in [1.54, 1.807) is 14.2 Å². The zero-order chi connectivity index (χ0) is 7.54. The second-order valence-electron chi connectivity index (χ2n) is 1.04. The van der Waals surface area contributed by atoms with Crippen molar-refractivity contribution in [1.29, 1.82) is 0 Å². The van der Waals surface area contributed by atoms with E-state index in [1.807, 2.05) is 0 Å². The Morgan fingerprint density at radius 2 is 1.33 bits per heavy atom. The van der Waals surface area contributed by atoms with Gasteiger partial charge in [-0.15, -0.1) is 0 Å². The van der Waals surface area contributed by atoms with Crippen molar-refractivity contribution in [3.05, 3.63) is 0 Å². The van der Waals surface area contributed by atoms with E-state index in [4.69, 9.17) is 0 Å². The molecule has 0 bridgehead atoms. The van der Waals surface area contributed by atoms with E-state index >= 15 is 0 Å². The average molecular weight is 306 g/mol. The molecule has 0 saturated carbocycles. The van der Waals surface area contributed by atoms with Crippen molar-refractivity contribution in [2.75, 3.05) is 27.4 Å². The SMILES string of the molecule is COCCOC.[Br][Fe][Br]. The summed E-state index contributed by atoms with van der Waals surface area (Å²) in [4.78, 5) is 0. The van der Waals surface area contributed by atoms with Crippen LogP contribution in [-0.4, -0.2) is 27.4 Å². The molecule has 60 valence electrons. The summed E-state index contributed by atoms with van der Waals surface area (Å²) in [5.41, 5.74) is 0. The molecule has 0 aromatic carbocycles. The Morgan fingerprint density at radius 3 is 1.44 bits per heavy atom. The van der Waals surface area contributed by atoms with Gasteiger partial charge in [-0.3, -0.25) is 0 Å². The van der Waals surface area contributed by atoms with E-state index in [1.165, 1.54) is 0 Å². The third kappa shape index (κ3) is 26.6. The molecule has 0 N–H and O–H groups in total. The summed E-state index contributed by atoms with van der Waals surface area (Å²) in [5, 5.41) is 0. The van der Waals surface area contributed by atoms with Gasteiger partial charge in [0, 0.05) is 14.2 Å². The summed E-state index contributed by atoms with van der Waals surface area (Å²) in [6, 6.07) is 0. The van der Waals surface area contributed by atoms with Crippen molar-refractivity contribution < 1.29 is 20.8 Å². The first kappa shape index (κ1) is 13.0. The van der Waals surface area contributed by atoms with E-state index in [2.05, 4.69) is 37.7 Å². The van der Waals surface area contributed by atoms with Crippen LogP contribution in [0.1, 0.15) is 0 Å². The first-order valence-electron chi connectivity index (χ1n) is 2.16. The van der Waals surface area contributed by atoms with Crippen LogP contribution in [0.3, 0.4) is 0 Å². The van der Waals surface area contributed by atoms with Crippen LogP contribution in [-0.2, 0) is 20.8 Å². The van der Waals surface area contributed by atoms with Crippen molar-refractivity contribution in [1.82, 2.24) is 0 Å². The van der Waals surface area contributed by atoms with Gasteiger partial charge < -0.3 is 9.47 Å². The molecule has 0 heterocycles. The molecule has 2 nitrogen and oxygen atoms in total. The molecule has 0 aromatic heterocycles. The topological polar surface area (TPSA) is 18.5 Å². The van der Waals surface area contributed by atoms with Crippen molar-refractivity contribution in [2.24, 2.45) is 0 Å². The summed E-state index contributed by atoms with van der Waals surface area (Å²) < 4.78 is 9.31. The minimum absolute atomic E-state index is 0.691. The third-order valence-electron chi connectivity index (χ3n) is 0.492. The number of methoxy groups -OCH3 is 2. The number of hydrogen-bond donors (Lipinski definition) is 0. The van der Waals surface area contributed by atoms with Crippen molar-refractivity contribution >= 4 is 28.2 Å². The second kappa shape index (κ2) is 16.2. The van der Waals surface area contributed by atoms with Crippen LogP contribution in [0, 0.1) is 0 Å². The Hall–Kier alpha value is 1.40. The molecule has 0 unspecified atom stereocenters. The van der Waals surface area contributed by atoms with E-state index in [0.29, 0.717) is 13.2 Å². The van der Waals surface area contributed by atoms with Crippen LogP contribution in [0.5, 0.6) is 0 Å². The van der Waals surface area contributed by atoms with Crippen LogP contribution in [0.15, 0.2) is 0 Å². The van der Waals surface area contributed by atoms with Gasteiger partial charge in [0.25, 0.3) is 0 Å². The first-order chi connectivity index (χ1) is 4.33. The molecule has 0 saturated heterocycles. The standard InChI is InChI=1S/C4H10O2.2BrH.Fe/c1-5-3-4-6-2;;;/h3-4H2,1-2H3;2*1H;/q;;;+2/p-2. The second-order valence-corrected chi connectivity index (χ2v) is 6.61. The Labute approximate surface area is 76.2 Å². The molecule has 0 amide bonds. The fourth-order valence-electron chi connectivity index (χ4n) is 0.167. The van der Waals surface area contributed by atoms with Gasteiger partial charge in [-0.2, -0.15) is 0 Å².